The van der Waals surface area contributed by atoms with Crippen molar-refractivity contribution in [1.29, 1.82) is 0 Å². The standard InChI is InChI=1S/C13H20ClN3O3/c14-12-11(7-16-17(4-5-18)13(12)20)15-6-9-2-1-3-10(9)8-19/h7,9-10,15,18-19H,1-6,8H2. The molecule has 0 bridgehead atoms. The van der Waals surface area contributed by atoms with E-state index in [1.165, 1.54) is 6.20 Å². The number of anilines is 1. The second-order valence-corrected chi connectivity index (χ2v) is 5.52. The van der Waals surface area contributed by atoms with Gasteiger partial charge in [-0.3, -0.25) is 4.79 Å². The molecule has 20 heavy (non-hydrogen) atoms. The summed E-state index contributed by atoms with van der Waals surface area (Å²) in [4.78, 5) is 11.9. The maximum atomic E-state index is 11.9. The molecule has 0 aliphatic heterocycles. The van der Waals surface area contributed by atoms with Crippen LogP contribution in [-0.2, 0) is 6.54 Å². The minimum atomic E-state index is -0.407. The predicted octanol–water partition coefficient (Wildman–Crippen LogP) is 0.709. The lowest BCUT2D eigenvalue weighted by atomic mass is 9.97. The van der Waals surface area contributed by atoms with Gasteiger partial charge < -0.3 is 15.5 Å². The van der Waals surface area contributed by atoms with E-state index >= 15 is 0 Å². The number of aliphatic hydroxyl groups excluding tert-OH is 2. The van der Waals surface area contributed by atoms with Crippen LogP contribution < -0.4 is 10.9 Å². The van der Waals surface area contributed by atoms with Crippen molar-refractivity contribution in [1.82, 2.24) is 9.78 Å². The van der Waals surface area contributed by atoms with Crippen LogP contribution in [0, 0.1) is 11.8 Å². The summed E-state index contributed by atoms with van der Waals surface area (Å²) in [5.41, 5.74) is 0.102. The monoisotopic (exact) mass is 301 g/mol. The Balaban J connectivity index is 2.03. The molecule has 6 nitrogen and oxygen atoms in total. The highest BCUT2D eigenvalue weighted by Crippen LogP contribution is 2.31. The van der Waals surface area contributed by atoms with Crippen LogP contribution in [0.1, 0.15) is 19.3 Å². The van der Waals surface area contributed by atoms with E-state index in [9.17, 15) is 9.90 Å². The average Bonchev–Trinajstić information content (AvgIpc) is 2.91. The Kier molecular flexibility index (Phi) is 5.39. The van der Waals surface area contributed by atoms with Gasteiger partial charge in [0.1, 0.15) is 5.02 Å². The second-order valence-electron chi connectivity index (χ2n) is 5.14. The number of aromatic nitrogens is 2. The molecule has 1 heterocycles. The Labute approximate surface area is 122 Å². The fraction of sp³-hybridized carbons (Fsp3) is 0.692. The van der Waals surface area contributed by atoms with Crippen molar-refractivity contribution >= 4 is 17.3 Å². The molecule has 0 spiro atoms. The average molecular weight is 302 g/mol. The van der Waals surface area contributed by atoms with Crippen LogP contribution in [0.15, 0.2) is 11.0 Å². The number of nitrogens with zero attached hydrogens (tertiary/aromatic N) is 2. The van der Waals surface area contributed by atoms with Gasteiger partial charge in [0.2, 0.25) is 0 Å². The first kappa shape index (κ1) is 15.3. The van der Waals surface area contributed by atoms with Crippen molar-refractivity contribution in [2.75, 3.05) is 25.1 Å². The molecule has 2 atom stereocenters. The SMILES string of the molecule is O=c1c(Cl)c(NCC2CCCC2CO)cnn1CCO. The highest BCUT2D eigenvalue weighted by Gasteiger charge is 2.26. The number of hydrogen-bond acceptors (Lipinski definition) is 5. The molecule has 1 aliphatic rings. The molecule has 0 amide bonds. The number of halogens is 1. The van der Waals surface area contributed by atoms with E-state index in [0.717, 1.165) is 23.9 Å². The lowest BCUT2D eigenvalue weighted by Gasteiger charge is -2.19. The third-order valence-corrected chi connectivity index (χ3v) is 4.27. The normalized spacial score (nSPS) is 22.1. The van der Waals surface area contributed by atoms with Crippen molar-refractivity contribution in [3.63, 3.8) is 0 Å². The van der Waals surface area contributed by atoms with E-state index < -0.39 is 5.56 Å². The third kappa shape index (κ3) is 3.31. The summed E-state index contributed by atoms with van der Waals surface area (Å²) in [7, 11) is 0. The van der Waals surface area contributed by atoms with E-state index in [0.29, 0.717) is 24.1 Å². The summed E-state index contributed by atoms with van der Waals surface area (Å²) in [5.74, 6) is 0.722. The molecule has 1 aromatic rings. The highest BCUT2D eigenvalue weighted by molar-refractivity contribution is 6.32. The van der Waals surface area contributed by atoms with Gasteiger partial charge in [0.05, 0.1) is 25.0 Å². The first-order chi connectivity index (χ1) is 9.67. The van der Waals surface area contributed by atoms with Gasteiger partial charge in [-0.05, 0) is 24.7 Å². The van der Waals surface area contributed by atoms with Gasteiger partial charge in [-0.1, -0.05) is 18.0 Å². The Hall–Kier alpha value is -1.11. The first-order valence-electron chi connectivity index (χ1n) is 6.88. The molecule has 0 radical (unpaired) electrons. The molecule has 7 heteroatoms. The van der Waals surface area contributed by atoms with Crippen LogP contribution in [-0.4, -0.2) is 39.8 Å². The third-order valence-electron chi connectivity index (χ3n) is 3.90. The van der Waals surface area contributed by atoms with Crippen LogP contribution in [0.5, 0.6) is 0 Å². The molecular formula is C13H20ClN3O3. The Morgan fingerprint density at radius 1 is 1.40 bits per heavy atom. The van der Waals surface area contributed by atoms with Crippen LogP contribution in [0.25, 0.3) is 0 Å². The maximum Gasteiger partial charge on any atom is 0.287 e. The largest absolute Gasteiger partial charge is 0.396 e. The first-order valence-corrected chi connectivity index (χ1v) is 7.26. The van der Waals surface area contributed by atoms with Gasteiger partial charge in [0, 0.05) is 13.2 Å². The summed E-state index contributed by atoms with van der Waals surface area (Å²) >= 11 is 6.02. The van der Waals surface area contributed by atoms with E-state index in [1.54, 1.807) is 0 Å². The highest BCUT2D eigenvalue weighted by atomic mass is 35.5. The Morgan fingerprint density at radius 3 is 2.85 bits per heavy atom. The smallest absolute Gasteiger partial charge is 0.287 e. The molecule has 1 saturated carbocycles. The fourth-order valence-corrected chi connectivity index (χ4v) is 2.92. The number of nitrogens with one attached hydrogen (secondary N) is 1. The van der Waals surface area contributed by atoms with Crippen molar-refractivity contribution in [3.8, 4) is 0 Å². The number of aliphatic hydroxyl groups is 2. The van der Waals surface area contributed by atoms with E-state index in [4.69, 9.17) is 16.7 Å². The maximum absolute atomic E-state index is 11.9. The summed E-state index contributed by atoms with van der Waals surface area (Å²) in [6.45, 7) is 0.858. The van der Waals surface area contributed by atoms with Crippen LogP contribution in [0.2, 0.25) is 5.02 Å². The molecule has 1 aromatic heterocycles. The Morgan fingerprint density at radius 2 is 2.15 bits per heavy atom. The molecule has 1 fully saturated rings. The summed E-state index contributed by atoms with van der Waals surface area (Å²) < 4.78 is 1.14. The summed E-state index contributed by atoms with van der Waals surface area (Å²) in [6.07, 6.45) is 4.75. The predicted molar refractivity (Wildman–Crippen MR) is 77.0 cm³/mol. The summed E-state index contributed by atoms with van der Waals surface area (Å²) in [6, 6.07) is 0. The zero-order valence-electron chi connectivity index (χ0n) is 11.3. The topological polar surface area (TPSA) is 87.4 Å². The molecule has 2 rings (SSSR count). The molecule has 112 valence electrons. The van der Waals surface area contributed by atoms with Crippen molar-refractivity contribution in [3.05, 3.63) is 21.6 Å². The van der Waals surface area contributed by atoms with E-state index in [1.807, 2.05) is 0 Å². The van der Waals surface area contributed by atoms with Crippen LogP contribution in [0.3, 0.4) is 0 Å². The fourth-order valence-electron chi connectivity index (χ4n) is 2.71. The molecule has 0 aromatic carbocycles. The van der Waals surface area contributed by atoms with Crippen LogP contribution in [0.4, 0.5) is 5.69 Å². The molecule has 1 aliphatic carbocycles. The van der Waals surface area contributed by atoms with Gasteiger partial charge >= 0.3 is 0 Å². The van der Waals surface area contributed by atoms with Crippen molar-refractivity contribution in [2.45, 2.75) is 25.8 Å². The van der Waals surface area contributed by atoms with E-state index in [2.05, 4.69) is 10.4 Å². The number of hydrogen-bond donors (Lipinski definition) is 3. The van der Waals surface area contributed by atoms with Gasteiger partial charge in [0.25, 0.3) is 5.56 Å². The molecule has 0 saturated heterocycles. The lowest BCUT2D eigenvalue weighted by molar-refractivity contribution is 0.199. The Bertz CT molecular complexity index is 506. The van der Waals surface area contributed by atoms with E-state index in [-0.39, 0.29) is 24.8 Å². The van der Waals surface area contributed by atoms with Gasteiger partial charge in [-0.15, -0.1) is 0 Å². The summed E-state index contributed by atoms with van der Waals surface area (Å²) in [5, 5.41) is 25.3. The van der Waals surface area contributed by atoms with Crippen molar-refractivity contribution < 1.29 is 10.2 Å². The van der Waals surface area contributed by atoms with Crippen LogP contribution >= 0.6 is 11.6 Å². The second kappa shape index (κ2) is 7.06. The zero-order chi connectivity index (χ0) is 14.5. The molecule has 2 unspecified atom stereocenters. The minimum absolute atomic E-state index is 0.0898. The van der Waals surface area contributed by atoms with Gasteiger partial charge in [-0.25, -0.2) is 4.68 Å². The van der Waals surface area contributed by atoms with Gasteiger partial charge in [0.15, 0.2) is 0 Å². The molecular weight excluding hydrogens is 282 g/mol. The van der Waals surface area contributed by atoms with Crippen molar-refractivity contribution in [2.24, 2.45) is 11.8 Å². The lowest BCUT2D eigenvalue weighted by Crippen LogP contribution is -2.27. The number of rotatable bonds is 6. The molecule has 3 N–H and O–H groups in total. The van der Waals surface area contributed by atoms with Gasteiger partial charge in [-0.2, -0.15) is 5.10 Å². The zero-order valence-corrected chi connectivity index (χ0v) is 12.0. The quantitative estimate of drug-likeness (QED) is 0.720. The minimum Gasteiger partial charge on any atom is -0.396 e.